The summed E-state index contributed by atoms with van der Waals surface area (Å²) in [4.78, 5) is 0. The van der Waals surface area contributed by atoms with E-state index < -0.39 is 5.41 Å². The second-order valence-electron chi connectivity index (χ2n) is 16.3. The van der Waals surface area contributed by atoms with Crippen LogP contribution in [0, 0.1) is 0 Å². The van der Waals surface area contributed by atoms with Gasteiger partial charge in [-0.05, 0) is 152 Å². The van der Waals surface area contributed by atoms with Crippen molar-refractivity contribution in [1.29, 1.82) is 0 Å². The number of benzene rings is 11. The topological polar surface area (TPSA) is 13.1 Å². The highest BCUT2D eigenvalue weighted by molar-refractivity contribution is 6.24. The molecule has 2 aliphatic rings. The van der Waals surface area contributed by atoms with Crippen LogP contribution in [0.4, 0.5) is 0 Å². The van der Waals surface area contributed by atoms with Gasteiger partial charge in [0, 0.05) is 10.8 Å². The van der Waals surface area contributed by atoms with Gasteiger partial charge < -0.3 is 4.42 Å². The van der Waals surface area contributed by atoms with E-state index in [1.807, 2.05) is 6.07 Å². The zero-order chi connectivity index (χ0) is 37.7. The highest BCUT2D eigenvalue weighted by Gasteiger charge is 2.52. The summed E-state index contributed by atoms with van der Waals surface area (Å²) in [7, 11) is 0. The standard InChI is InChI=1S/C57H32O/c1-2-13-41-36(10-1)31-50-56(55(41)39-25-26-45-44-16-5-8-19-51(44)58-52(45)32-39)46-27-24-35(30-49(46)57(50)47-17-6-3-14-42(47)43-15-4-7-18-48(43)57)40-28-37-22-20-33-11-9-12-34-21-23-38(29-40)54(37)53(33)34/h1-32H. The molecule has 0 aliphatic heterocycles. The summed E-state index contributed by atoms with van der Waals surface area (Å²) in [5, 5.41) is 12.6. The Labute approximate surface area is 334 Å². The zero-order valence-electron chi connectivity index (χ0n) is 31.4. The van der Waals surface area contributed by atoms with Crippen LogP contribution in [0.5, 0.6) is 0 Å². The summed E-state index contributed by atoms with van der Waals surface area (Å²) in [5.41, 5.74) is 16.8. The fraction of sp³-hybridized carbons (Fsp3) is 0.0175. The first kappa shape index (κ1) is 30.7. The molecule has 11 aromatic carbocycles. The van der Waals surface area contributed by atoms with Crippen LogP contribution in [-0.2, 0) is 5.41 Å². The first-order valence-corrected chi connectivity index (χ1v) is 20.2. The van der Waals surface area contributed by atoms with Crippen molar-refractivity contribution >= 4 is 65.0 Å². The van der Waals surface area contributed by atoms with Gasteiger partial charge in [0.2, 0.25) is 0 Å². The molecule has 0 saturated heterocycles. The summed E-state index contributed by atoms with van der Waals surface area (Å²) in [5.74, 6) is 0. The molecule has 0 atom stereocenters. The number of para-hydroxylation sites is 1. The van der Waals surface area contributed by atoms with Crippen molar-refractivity contribution < 1.29 is 4.42 Å². The van der Waals surface area contributed by atoms with Gasteiger partial charge in [0.25, 0.3) is 0 Å². The molecule has 266 valence electrons. The largest absolute Gasteiger partial charge is 0.456 e. The minimum atomic E-state index is -0.508. The highest BCUT2D eigenvalue weighted by atomic mass is 16.3. The quantitative estimate of drug-likeness (QED) is 0.161. The molecule has 2 aliphatic carbocycles. The van der Waals surface area contributed by atoms with E-state index in [0.717, 1.165) is 21.9 Å². The lowest BCUT2D eigenvalue weighted by Crippen LogP contribution is -2.26. The van der Waals surface area contributed by atoms with Crippen LogP contribution in [0.1, 0.15) is 22.3 Å². The highest BCUT2D eigenvalue weighted by Crippen LogP contribution is 2.65. The van der Waals surface area contributed by atoms with Gasteiger partial charge in [0.15, 0.2) is 0 Å². The van der Waals surface area contributed by atoms with Gasteiger partial charge in [0.1, 0.15) is 11.2 Å². The first-order chi connectivity index (χ1) is 28.7. The normalized spacial score (nSPS) is 13.7. The minimum absolute atomic E-state index is 0.508. The average Bonchev–Trinajstić information content (AvgIpc) is 3.90. The van der Waals surface area contributed by atoms with Gasteiger partial charge in [-0.3, -0.25) is 0 Å². The van der Waals surface area contributed by atoms with Crippen molar-refractivity contribution in [1.82, 2.24) is 0 Å². The predicted octanol–water partition coefficient (Wildman–Crippen LogP) is 15.3. The maximum absolute atomic E-state index is 6.54. The maximum Gasteiger partial charge on any atom is 0.136 e. The SMILES string of the molecule is c1ccc2c(c1)-c1ccccc1C21c2cc(-c3cc4ccc5cccc6ccc(c3)c4c56)ccc2-c2c1cc1ccccc1c2-c1ccc2c(c1)oc1ccccc12. The number of hydrogen-bond donors (Lipinski definition) is 0. The van der Waals surface area contributed by atoms with Crippen molar-refractivity contribution in [3.8, 4) is 44.5 Å². The first-order valence-electron chi connectivity index (χ1n) is 20.2. The molecule has 0 N–H and O–H groups in total. The van der Waals surface area contributed by atoms with Crippen LogP contribution < -0.4 is 0 Å². The molecule has 0 fully saturated rings. The summed E-state index contributed by atoms with van der Waals surface area (Å²) in [6.07, 6.45) is 0. The van der Waals surface area contributed by atoms with E-state index in [1.165, 1.54) is 110 Å². The molecule has 1 heterocycles. The maximum atomic E-state index is 6.54. The van der Waals surface area contributed by atoms with Crippen LogP contribution >= 0.6 is 0 Å². The monoisotopic (exact) mass is 732 g/mol. The van der Waals surface area contributed by atoms with E-state index in [9.17, 15) is 0 Å². The Morgan fingerprint density at radius 3 is 1.67 bits per heavy atom. The lowest BCUT2D eigenvalue weighted by atomic mass is 9.69. The van der Waals surface area contributed by atoms with Crippen molar-refractivity contribution in [2.75, 3.05) is 0 Å². The van der Waals surface area contributed by atoms with E-state index in [-0.39, 0.29) is 0 Å². The van der Waals surface area contributed by atoms with Crippen LogP contribution in [0.25, 0.3) is 110 Å². The Morgan fingerprint density at radius 2 is 0.897 bits per heavy atom. The molecule has 1 nitrogen and oxygen atoms in total. The third-order valence-corrected chi connectivity index (χ3v) is 13.6. The second kappa shape index (κ2) is 10.9. The fourth-order valence-corrected chi connectivity index (χ4v) is 11.2. The average molecular weight is 733 g/mol. The Kier molecular flexibility index (Phi) is 5.76. The van der Waals surface area contributed by atoms with Crippen molar-refractivity contribution in [2.24, 2.45) is 0 Å². The molecule has 1 heteroatoms. The van der Waals surface area contributed by atoms with E-state index in [2.05, 4.69) is 188 Å². The smallest absolute Gasteiger partial charge is 0.136 e. The van der Waals surface area contributed by atoms with Crippen molar-refractivity contribution in [3.63, 3.8) is 0 Å². The Morgan fingerprint density at radius 1 is 0.293 bits per heavy atom. The van der Waals surface area contributed by atoms with Crippen LogP contribution in [-0.4, -0.2) is 0 Å². The third-order valence-electron chi connectivity index (χ3n) is 13.6. The molecule has 12 aromatic rings. The zero-order valence-corrected chi connectivity index (χ0v) is 31.4. The molecule has 0 radical (unpaired) electrons. The summed E-state index contributed by atoms with van der Waals surface area (Å²) in [6.45, 7) is 0. The molecule has 58 heavy (non-hydrogen) atoms. The van der Waals surface area contributed by atoms with Crippen LogP contribution in [0.2, 0.25) is 0 Å². The molecule has 14 rings (SSSR count). The Hall–Kier alpha value is -7.48. The van der Waals surface area contributed by atoms with Gasteiger partial charge in [-0.2, -0.15) is 0 Å². The fourth-order valence-electron chi connectivity index (χ4n) is 11.2. The molecule has 1 spiro atoms. The molecule has 1 aromatic heterocycles. The van der Waals surface area contributed by atoms with Crippen LogP contribution in [0.15, 0.2) is 199 Å². The molecule has 0 saturated carbocycles. The second-order valence-corrected chi connectivity index (χ2v) is 16.3. The number of furan rings is 1. The lowest BCUT2D eigenvalue weighted by Gasteiger charge is -2.31. The molecular weight excluding hydrogens is 701 g/mol. The van der Waals surface area contributed by atoms with E-state index in [4.69, 9.17) is 4.42 Å². The summed E-state index contributed by atoms with van der Waals surface area (Å²) in [6, 6.07) is 72.8. The summed E-state index contributed by atoms with van der Waals surface area (Å²) >= 11 is 0. The van der Waals surface area contributed by atoms with Gasteiger partial charge in [0.05, 0.1) is 5.41 Å². The molecule has 0 unspecified atom stereocenters. The molecule has 0 amide bonds. The molecular formula is C57H32O. The minimum Gasteiger partial charge on any atom is -0.456 e. The van der Waals surface area contributed by atoms with Crippen molar-refractivity contribution in [3.05, 3.63) is 216 Å². The van der Waals surface area contributed by atoms with Gasteiger partial charge in [-0.1, -0.05) is 152 Å². The number of rotatable bonds is 2. The van der Waals surface area contributed by atoms with E-state index in [1.54, 1.807) is 0 Å². The lowest BCUT2D eigenvalue weighted by molar-refractivity contribution is 0.669. The van der Waals surface area contributed by atoms with Gasteiger partial charge in [-0.25, -0.2) is 0 Å². The third kappa shape index (κ3) is 3.77. The van der Waals surface area contributed by atoms with E-state index >= 15 is 0 Å². The van der Waals surface area contributed by atoms with E-state index in [0.29, 0.717) is 0 Å². The van der Waals surface area contributed by atoms with Gasteiger partial charge in [-0.15, -0.1) is 0 Å². The number of fused-ring (bicyclic) bond motifs is 14. The summed E-state index contributed by atoms with van der Waals surface area (Å²) < 4.78 is 6.54. The van der Waals surface area contributed by atoms with Gasteiger partial charge >= 0.3 is 0 Å². The predicted molar refractivity (Wildman–Crippen MR) is 242 cm³/mol. The van der Waals surface area contributed by atoms with Crippen molar-refractivity contribution in [2.45, 2.75) is 5.41 Å². The Bertz CT molecular complexity index is 3640. The molecule has 0 bridgehead atoms. The van der Waals surface area contributed by atoms with Crippen LogP contribution in [0.3, 0.4) is 0 Å². The Balaban J connectivity index is 1.10. The number of hydrogen-bond acceptors (Lipinski definition) is 1.